The smallest absolute Gasteiger partial charge is 0.269 e. The van der Waals surface area contributed by atoms with Gasteiger partial charge in [-0.2, -0.15) is 0 Å². The molecule has 1 aliphatic heterocycles. The molecule has 1 heterocycles. The third-order valence-corrected chi connectivity index (χ3v) is 4.07. The second-order valence-corrected chi connectivity index (χ2v) is 5.85. The van der Waals surface area contributed by atoms with Gasteiger partial charge < -0.3 is 5.32 Å². The van der Waals surface area contributed by atoms with E-state index in [4.69, 9.17) is 0 Å². The summed E-state index contributed by atoms with van der Waals surface area (Å²) in [6, 6.07) is 6.96. The molecular weight excluding hydrogens is 266 g/mol. The second-order valence-electron chi connectivity index (χ2n) is 5.85. The van der Waals surface area contributed by atoms with Gasteiger partial charge in [-0.3, -0.25) is 15.0 Å². The number of nitrogens with zero attached hydrogens (tertiary/aromatic N) is 2. The van der Waals surface area contributed by atoms with Gasteiger partial charge in [0.2, 0.25) is 0 Å². The Kier molecular flexibility index (Phi) is 6.14. The Morgan fingerprint density at radius 1 is 1.29 bits per heavy atom. The quantitative estimate of drug-likeness (QED) is 0.620. The highest BCUT2D eigenvalue weighted by molar-refractivity contribution is 5.32. The predicted octanol–water partition coefficient (Wildman–Crippen LogP) is 2.81. The minimum atomic E-state index is -0.345. The maximum Gasteiger partial charge on any atom is 0.269 e. The number of nitro groups is 1. The largest absolute Gasteiger partial charge is 0.317 e. The summed E-state index contributed by atoms with van der Waals surface area (Å²) in [5.74, 6) is 0.774. The first-order valence-corrected chi connectivity index (χ1v) is 7.85. The van der Waals surface area contributed by atoms with Crippen molar-refractivity contribution in [2.45, 2.75) is 32.7 Å². The van der Waals surface area contributed by atoms with Crippen molar-refractivity contribution in [2.75, 3.05) is 26.2 Å². The molecule has 1 saturated heterocycles. The Morgan fingerprint density at radius 3 is 2.52 bits per heavy atom. The van der Waals surface area contributed by atoms with E-state index in [9.17, 15) is 10.1 Å². The molecule has 5 heteroatoms. The van der Waals surface area contributed by atoms with E-state index in [1.54, 1.807) is 12.1 Å². The monoisotopic (exact) mass is 291 g/mol. The molecule has 0 amide bonds. The molecule has 1 aromatic rings. The van der Waals surface area contributed by atoms with E-state index in [1.807, 2.05) is 12.1 Å². The molecular formula is C16H25N3O2. The minimum absolute atomic E-state index is 0.166. The van der Waals surface area contributed by atoms with Crippen molar-refractivity contribution in [1.29, 1.82) is 0 Å². The lowest BCUT2D eigenvalue weighted by Gasteiger charge is -2.30. The lowest BCUT2D eigenvalue weighted by molar-refractivity contribution is -0.384. The molecule has 1 aliphatic rings. The van der Waals surface area contributed by atoms with Gasteiger partial charge in [0.15, 0.2) is 0 Å². The highest BCUT2D eigenvalue weighted by atomic mass is 16.6. The molecule has 0 aromatic heterocycles. The minimum Gasteiger partial charge on any atom is -0.317 e. The molecule has 0 aliphatic carbocycles. The number of rotatable bonds is 7. The molecule has 0 radical (unpaired) electrons. The molecule has 5 nitrogen and oxygen atoms in total. The Hall–Kier alpha value is -1.46. The Morgan fingerprint density at radius 2 is 1.95 bits per heavy atom. The predicted molar refractivity (Wildman–Crippen MR) is 84.3 cm³/mol. The average Bonchev–Trinajstić information content (AvgIpc) is 2.49. The molecule has 21 heavy (non-hydrogen) atoms. The van der Waals surface area contributed by atoms with E-state index in [0.29, 0.717) is 0 Å². The average molecular weight is 291 g/mol. The number of nitrogens with one attached hydrogen (secondary N) is 1. The van der Waals surface area contributed by atoms with Crippen LogP contribution in [0.15, 0.2) is 24.3 Å². The van der Waals surface area contributed by atoms with Crippen LogP contribution in [0.2, 0.25) is 0 Å². The van der Waals surface area contributed by atoms with Crippen LogP contribution < -0.4 is 5.32 Å². The van der Waals surface area contributed by atoms with Crippen LogP contribution in [0.4, 0.5) is 5.69 Å². The lowest BCUT2D eigenvalue weighted by Crippen LogP contribution is -2.36. The van der Waals surface area contributed by atoms with E-state index in [1.165, 1.54) is 12.8 Å². The zero-order chi connectivity index (χ0) is 15.1. The van der Waals surface area contributed by atoms with Gasteiger partial charge in [-0.1, -0.05) is 19.1 Å². The Balaban J connectivity index is 1.92. The Bertz CT molecular complexity index is 441. The van der Waals surface area contributed by atoms with Crippen molar-refractivity contribution in [3.05, 3.63) is 39.9 Å². The molecule has 1 aromatic carbocycles. The summed E-state index contributed by atoms with van der Waals surface area (Å²) < 4.78 is 0. The number of nitro benzene ring substituents is 1. The van der Waals surface area contributed by atoms with E-state index in [-0.39, 0.29) is 10.6 Å². The highest BCUT2D eigenvalue weighted by Crippen LogP contribution is 2.17. The van der Waals surface area contributed by atoms with Gasteiger partial charge in [0.1, 0.15) is 0 Å². The fourth-order valence-electron chi connectivity index (χ4n) is 2.96. The summed E-state index contributed by atoms with van der Waals surface area (Å²) in [7, 11) is 0. The molecule has 2 rings (SSSR count). The molecule has 0 unspecified atom stereocenters. The van der Waals surface area contributed by atoms with Crippen molar-refractivity contribution in [3.8, 4) is 0 Å². The number of hydrogen-bond acceptors (Lipinski definition) is 4. The number of hydrogen-bond donors (Lipinski definition) is 1. The van der Waals surface area contributed by atoms with Crippen molar-refractivity contribution >= 4 is 5.69 Å². The first kappa shape index (κ1) is 15.9. The van der Waals surface area contributed by atoms with Crippen LogP contribution in [0.3, 0.4) is 0 Å². The maximum atomic E-state index is 10.7. The van der Waals surface area contributed by atoms with Crippen molar-refractivity contribution in [1.82, 2.24) is 10.2 Å². The van der Waals surface area contributed by atoms with E-state index < -0.39 is 0 Å². The van der Waals surface area contributed by atoms with Crippen molar-refractivity contribution in [2.24, 2.45) is 5.92 Å². The maximum absolute atomic E-state index is 10.7. The lowest BCUT2D eigenvalue weighted by atomic mass is 9.97. The van der Waals surface area contributed by atoms with Crippen LogP contribution in [0.1, 0.15) is 31.7 Å². The highest BCUT2D eigenvalue weighted by Gasteiger charge is 2.17. The van der Waals surface area contributed by atoms with Gasteiger partial charge in [0.25, 0.3) is 5.69 Å². The van der Waals surface area contributed by atoms with Crippen LogP contribution in [-0.4, -0.2) is 36.0 Å². The van der Waals surface area contributed by atoms with Gasteiger partial charge in [-0.05, 0) is 50.4 Å². The molecule has 0 spiro atoms. The summed E-state index contributed by atoms with van der Waals surface area (Å²) in [4.78, 5) is 12.8. The number of piperidine rings is 1. The molecule has 1 N–H and O–H groups in total. The van der Waals surface area contributed by atoms with Gasteiger partial charge >= 0.3 is 0 Å². The van der Waals surface area contributed by atoms with Crippen LogP contribution in [-0.2, 0) is 6.54 Å². The van der Waals surface area contributed by atoms with Gasteiger partial charge in [-0.25, -0.2) is 0 Å². The number of non-ortho nitro benzene ring substituents is 1. The van der Waals surface area contributed by atoms with Crippen LogP contribution in [0, 0.1) is 16.0 Å². The third-order valence-electron chi connectivity index (χ3n) is 4.07. The standard InChI is InChI=1S/C16H25N3O2/c1-2-11-18(13-15-7-9-17-10-8-15)12-14-3-5-16(6-4-14)19(20)21/h3-6,15,17H,2,7-13H2,1H3. The second kappa shape index (κ2) is 8.10. The first-order chi connectivity index (χ1) is 10.2. The first-order valence-electron chi connectivity index (χ1n) is 7.85. The fraction of sp³-hybridized carbons (Fsp3) is 0.625. The third kappa shape index (κ3) is 5.10. The zero-order valence-corrected chi connectivity index (χ0v) is 12.8. The van der Waals surface area contributed by atoms with Crippen LogP contribution in [0.5, 0.6) is 0 Å². The van der Waals surface area contributed by atoms with Gasteiger partial charge in [0.05, 0.1) is 4.92 Å². The Labute approximate surface area is 126 Å². The van der Waals surface area contributed by atoms with E-state index in [2.05, 4.69) is 17.1 Å². The molecule has 0 atom stereocenters. The van der Waals surface area contributed by atoms with Crippen molar-refractivity contribution < 1.29 is 4.92 Å². The molecule has 0 bridgehead atoms. The van der Waals surface area contributed by atoms with Gasteiger partial charge in [0, 0.05) is 25.2 Å². The SMILES string of the molecule is CCCN(Cc1ccc([N+](=O)[O-])cc1)CC1CCNCC1. The van der Waals surface area contributed by atoms with E-state index in [0.717, 1.165) is 50.6 Å². The summed E-state index contributed by atoms with van der Waals surface area (Å²) in [5, 5.41) is 14.1. The van der Waals surface area contributed by atoms with Crippen molar-refractivity contribution in [3.63, 3.8) is 0 Å². The molecule has 1 fully saturated rings. The van der Waals surface area contributed by atoms with Gasteiger partial charge in [-0.15, -0.1) is 0 Å². The summed E-state index contributed by atoms with van der Waals surface area (Å²) >= 11 is 0. The molecule has 0 saturated carbocycles. The normalized spacial score (nSPS) is 16.3. The zero-order valence-electron chi connectivity index (χ0n) is 12.8. The van der Waals surface area contributed by atoms with Crippen LogP contribution in [0.25, 0.3) is 0 Å². The fourth-order valence-corrected chi connectivity index (χ4v) is 2.96. The van der Waals surface area contributed by atoms with E-state index >= 15 is 0 Å². The summed E-state index contributed by atoms with van der Waals surface area (Å²) in [6.45, 7) is 7.55. The summed E-state index contributed by atoms with van der Waals surface area (Å²) in [5.41, 5.74) is 1.32. The van der Waals surface area contributed by atoms with Crippen LogP contribution >= 0.6 is 0 Å². The number of benzene rings is 1. The molecule has 116 valence electrons. The summed E-state index contributed by atoms with van der Waals surface area (Å²) in [6.07, 6.45) is 3.64. The topological polar surface area (TPSA) is 58.4 Å².